The SMILES string of the molecule is Nc1ccc2c(O)c(N=Nc3ccc(N)c4cc(S(=O)(=O)O)ccc34)c(S(=O)(=O)O)cc2c1. The maximum absolute atomic E-state index is 11.9. The molecule has 0 aromatic heterocycles. The van der Waals surface area contributed by atoms with E-state index in [4.69, 9.17) is 11.5 Å². The summed E-state index contributed by atoms with van der Waals surface area (Å²) in [7, 11) is -9.28. The van der Waals surface area contributed by atoms with Crippen molar-refractivity contribution in [1.29, 1.82) is 0 Å². The Hall–Kier alpha value is -3.78. The molecule has 4 aromatic carbocycles. The van der Waals surface area contributed by atoms with Crippen molar-refractivity contribution in [2.24, 2.45) is 10.2 Å². The maximum Gasteiger partial charge on any atom is 0.296 e. The molecule has 0 fully saturated rings. The molecule has 11 nitrogen and oxygen atoms in total. The third-order valence-electron chi connectivity index (χ3n) is 4.91. The van der Waals surface area contributed by atoms with Crippen LogP contribution in [0.3, 0.4) is 0 Å². The van der Waals surface area contributed by atoms with Crippen molar-refractivity contribution in [3.05, 3.63) is 54.6 Å². The summed E-state index contributed by atoms with van der Waals surface area (Å²) in [6.45, 7) is 0. The number of nitrogen functional groups attached to an aromatic ring is 2. The first kappa shape index (κ1) is 22.4. The van der Waals surface area contributed by atoms with Crippen LogP contribution < -0.4 is 11.5 Å². The third kappa shape index (κ3) is 4.17. The molecule has 0 radical (unpaired) electrons. The van der Waals surface area contributed by atoms with Gasteiger partial charge in [-0.2, -0.15) is 16.8 Å². The van der Waals surface area contributed by atoms with Crippen LogP contribution >= 0.6 is 0 Å². The fourth-order valence-electron chi connectivity index (χ4n) is 3.35. The predicted octanol–water partition coefficient (Wildman–Crippen LogP) is 3.77. The van der Waals surface area contributed by atoms with Crippen molar-refractivity contribution >= 4 is 64.5 Å². The van der Waals surface area contributed by atoms with Crippen LogP contribution in [0, 0.1) is 0 Å². The van der Waals surface area contributed by atoms with Gasteiger partial charge in [-0.1, -0.05) is 6.07 Å². The summed E-state index contributed by atoms with van der Waals surface area (Å²) in [6, 6.07) is 12.0. The first-order chi connectivity index (χ1) is 15.4. The van der Waals surface area contributed by atoms with Gasteiger partial charge >= 0.3 is 0 Å². The zero-order valence-corrected chi connectivity index (χ0v) is 18.2. The smallest absolute Gasteiger partial charge is 0.296 e. The lowest BCUT2D eigenvalue weighted by molar-refractivity contribution is 0.472. The number of nitrogens with two attached hydrogens (primary N) is 2. The van der Waals surface area contributed by atoms with E-state index in [1.165, 1.54) is 36.4 Å². The minimum atomic E-state index is -4.80. The van der Waals surface area contributed by atoms with Crippen LogP contribution in [0.1, 0.15) is 0 Å². The highest BCUT2D eigenvalue weighted by Gasteiger charge is 2.22. The topological polar surface area (TPSA) is 206 Å². The number of phenols is 1. The Labute approximate surface area is 187 Å². The Morgan fingerprint density at radius 3 is 2.09 bits per heavy atom. The van der Waals surface area contributed by atoms with E-state index in [1.54, 1.807) is 0 Å². The molecule has 7 N–H and O–H groups in total. The summed E-state index contributed by atoms with van der Waals surface area (Å²) in [5.41, 5.74) is 11.8. The highest BCUT2D eigenvalue weighted by Crippen LogP contribution is 2.42. The van der Waals surface area contributed by atoms with Crippen LogP contribution in [0.2, 0.25) is 0 Å². The summed E-state index contributed by atoms with van der Waals surface area (Å²) in [5, 5.41) is 19.6. The molecule has 0 spiro atoms. The molecule has 170 valence electrons. The highest BCUT2D eigenvalue weighted by molar-refractivity contribution is 7.86. The molecular formula is C20H16N4O7S2. The van der Waals surface area contributed by atoms with Crippen molar-refractivity contribution in [1.82, 2.24) is 0 Å². The second-order valence-electron chi connectivity index (χ2n) is 7.08. The molecule has 0 amide bonds. The zero-order valence-electron chi connectivity index (χ0n) is 16.5. The van der Waals surface area contributed by atoms with Gasteiger partial charge in [-0.3, -0.25) is 9.11 Å². The van der Waals surface area contributed by atoms with E-state index in [-0.39, 0.29) is 32.4 Å². The van der Waals surface area contributed by atoms with Crippen molar-refractivity contribution in [2.45, 2.75) is 9.79 Å². The van der Waals surface area contributed by atoms with Gasteiger partial charge in [0.1, 0.15) is 10.6 Å². The van der Waals surface area contributed by atoms with E-state index in [9.17, 15) is 31.0 Å². The number of hydrogen-bond donors (Lipinski definition) is 5. The van der Waals surface area contributed by atoms with Gasteiger partial charge < -0.3 is 16.6 Å². The first-order valence-electron chi connectivity index (χ1n) is 9.10. The van der Waals surface area contributed by atoms with E-state index in [0.29, 0.717) is 11.1 Å². The molecule has 4 aromatic rings. The zero-order chi connectivity index (χ0) is 24.1. The van der Waals surface area contributed by atoms with Gasteiger partial charge in [0.25, 0.3) is 20.2 Å². The highest BCUT2D eigenvalue weighted by atomic mass is 32.2. The fourth-order valence-corrected chi connectivity index (χ4v) is 4.51. The van der Waals surface area contributed by atoms with Crippen molar-refractivity contribution in [2.75, 3.05) is 11.5 Å². The lowest BCUT2D eigenvalue weighted by atomic mass is 10.1. The third-order valence-corrected chi connectivity index (χ3v) is 6.62. The molecule has 33 heavy (non-hydrogen) atoms. The lowest BCUT2D eigenvalue weighted by Gasteiger charge is -2.10. The summed E-state index contributed by atoms with van der Waals surface area (Å²) in [4.78, 5) is -1.06. The first-order valence-corrected chi connectivity index (χ1v) is 12.0. The number of aromatic hydroxyl groups is 1. The number of benzene rings is 4. The molecule has 0 saturated heterocycles. The molecule has 0 aliphatic heterocycles. The van der Waals surface area contributed by atoms with E-state index < -0.39 is 36.6 Å². The lowest BCUT2D eigenvalue weighted by Crippen LogP contribution is -1.99. The number of azo groups is 1. The van der Waals surface area contributed by atoms with Gasteiger partial charge in [-0.15, -0.1) is 10.2 Å². The van der Waals surface area contributed by atoms with Gasteiger partial charge in [0, 0.05) is 27.5 Å². The van der Waals surface area contributed by atoms with Crippen LogP contribution in [0.15, 0.2) is 74.6 Å². The summed E-state index contributed by atoms with van der Waals surface area (Å²) in [6.07, 6.45) is 0. The number of anilines is 2. The Balaban J connectivity index is 1.94. The number of fused-ring (bicyclic) bond motifs is 2. The fraction of sp³-hybridized carbons (Fsp3) is 0. The van der Waals surface area contributed by atoms with Crippen LogP contribution in [0.4, 0.5) is 22.7 Å². The van der Waals surface area contributed by atoms with Crippen LogP contribution in [0.25, 0.3) is 21.5 Å². The number of hydrogen-bond acceptors (Lipinski definition) is 9. The van der Waals surface area contributed by atoms with E-state index in [1.807, 2.05) is 0 Å². The molecule has 13 heteroatoms. The Kier molecular flexibility index (Phi) is 5.21. The minimum absolute atomic E-state index is 0.152. The van der Waals surface area contributed by atoms with E-state index >= 15 is 0 Å². The average Bonchev–Trinajstić information content (AvgIpc) is 2.72. The molecule has 0 aliphatic rings. The summed E-state index contributed by atoms with van der Waals surface area (Å²) in [5.74, 6) is -0.544. The van der Waals surface area contributed by atoms with Crippen molar-refractivity contribution in [3.63, 3.8) is 0 Å². The molecule has 0 atom stereocenters. The maximum atomic E-state index is 11.9. The van der Waals surface area contributed by atoms with E-state index in [0.717, 1.165) is 18.2 Å². The van der Waals surface area contributed by atoms with Crippen molar-refractivity contribution in [3.8, 4) is 5.75 Å². The number of rotatable bonds is 4. The normalized spacial score (nSPS) is 12.7. The average molecular weight is 489 g/mol. The summed E-state index contributed by atoms with van der Waals surface area (Å²) < 4.78 is 65.7. The predicted molar refractivity (Wildman–Crippen MR) is 122 cm³/mol. The van der Waals surface area contributed by atoms with Gasteiger partial charge in [0.2, 0.25) is 0 Å². The molecule has 0 bridgehead atoms. The molecule has 0 unspecified atom stereocenters. The number of nitrogens with zero attached hydrogens (tertiary/aromatic N) is 2. The number of phenolic OH excluding ortho intramolecular Hbond substituents is 1. The monoisotopic (exact) mass is 488 g/mol. The van der Waals surface area contributed by atoms with Crippen LogP contribution in [-0.4, -0.2) is 31.0 Å². The standard InChI is InChI=1S/C20H16N4O7S2/c21-11-1-3-13-10(7-11)8-18(33(29,30)31)19(20(13)25)24-23-17-6-5-16(22)15-9-12(32(26,27)28)2-4-14(15)17/h1-9,25H,21-22H2,(H,26,27,28)(H,29,30,31). The second-order valence-corrected chi connectivity index (χ2v) is 9.90. The largest absolute Gasteiger partial charge is 0.505 e. The minimum Gasteiger partial charge on any atom is -0.505 e. The molecular weight excluding hydrogens is 472 g/mol. The quantitative estimate of drug-likeness (QED) is 0.161. The van der Waals surface area contributed by atoms with Crippen LogP contribution in [-0.2, 0) is 20.2 Å². The Bertz CT molecular complexity index is 1700. The van der Waals surface area contributed by atoms with Crippen LogP contribution in [0.5, 0.6) is 5.75 Å². The second kappa shape index (κ2) is 7.67. The van der Waals surface area contributed by atoms with Gasteiger partial charge in [0.15, 0.2) is 5.75 Å². The Morgan fingerprint density at radius 1 is 0.727 bits per heavy atom. The Morgan fingerprint density at radius 2 is 1.42 bits per heavy atom. The van der Waals surface area contributed by atoms with Crippen molar-refractivity contribution < 1.29 is 31.0 Å². The summed E-state index contributed by atoms with van der Waals surface area (Å²) >= 11 is 0. The van der Waals surface area contributed by atoms with Gasteiger partial charge in [-0.25, -0.2) is 0 Å². The van der Waals surface area contributed by atoms with Gasteiger partial charge in [-0.05, 0) is 53.9 Å². The van der Waals surface area contributed by atoms with E-state index in [2.05, 4.69) is 10.2 Å². The molecule has 0 aliphatic carbocycles. The molecule has 4 rings (SSSR count). The van der Waals surface area contributed by atoms with Gasteiger partial charge in [0.05, 0.1) is 10.6 Å². The molecule has 0 heterocycles. The molecule has 0 saturated carbocycles.